The molecule has 5 heteroatoms. The largest absolute Gasteiger partial charge is 0.271 e. The molecule has 0 aromatic heterocycles. The number of fused-ring (bicyclic) bond motifs is 1. The maximum absolute atomic E-state index is 12.9. The lowest BCUT2D eigenvalue weighted by molar-refractivity contribution is -0.118. The number of carbonyl (C=O) groups excluding carboxylic acids is 1. The van der Waals surface area contributed by atoms with Crippen LogP contribution < -0.4 is 0 Å². The van der Waals surface area contributed by atoms with Crippen molar-refractivity contribution in [1.29, 1.82) is 0 Å². The van der Waals surface area contributed by atoms with Crippen molar-refractivity contribution in [2.45, 2.75) is 6.92 Å². The normalized spacial score (nSPS) is 22.2. The summed E-state index contributed by atoms with van der Waals surface area (Å²) in [5, 5.41) is 0.756. The molecule has 2 aliphatic heterocycles. The van der Waals surface area contributed by atoms with Crippen molar-refractivity contribution >= 4 is 34.6 Å². The second-order valence-electron chi connectivity index (χ2n) is 4.06. The highest BCUT2D eigenvalue weighted by molar-refractivity contribution is 8.18. The van der Waals surface area contributed by atoms with E-state index in [4.69, 9.17) is 0 Å². The van der Waals surface area contributed by atoms with Gasteiger partial charge in [0.15, 0.2) is 0 Å². The third-order valence-corrected chi connectivity index (χ3v) is 4.02. The lowest BCUT2D eigenvalue weighted by Crippen LogP contribution is -2.21. The number of benzene rings is 1. The molecule has 1 aromatic carbocycles. The molecule has 3 rings (SSSR count). The molecule has 0 fully saturated rings. The number of halogens is 1. The van der Waals surface area contributed by atoms with Gasteiger partial charge in [0.05, 0.1) is 5.04 Å². The minimum absolute atomic E-state index is 0.205. The zero-order valence-corrected chi connectivity index (χ0v) is 10.4. The lowest BCUT2D eigenvalue weighted by Gasteiger charge is -2.14. The topological polar surface area (TPSA) is 41.8 Å². The van der Waals surface area contributed by atoms with Gasteiger partial charge in [0.2, 0.25) is 0 Å². The monoisotopic (exact) mass is 260 g/mol. The third kappa shape index (κ3) is 1.71. The number of hydrogen-bond donors (Lipinski definition) is 0. The Kier molecular flexibility index (Phi) is 2.63. The van der Waals surface area contributed by atoms with Gasteiger partial charge in [0, 0.05) is 0 Å². The summed E-state index contributed by atoms with van der Waals surface area (Å²) in [6.45, 7) is 1.94. The van der Waals surface area contributed by atoms with Gasteiger partial charge in [0.1, 0.15) is 18.1 Å². The number of hydrogen-bond acceptors (Lipinski definition) is 3. The van der Waals surface area contributed by atoms with Crippen molar-refractivity contribution in [2.75, 3.05) is 0 Å². The molecule has 0 N–H and O–H groups in total. The van der Waals surface area contributed by atoms with Gasteiger partial charge in [0.25, 0.3) is 5.91 Å². The van der Waals surface area contributed by atoms with Crippen LogP contribution in [0.5, 0.6) is 0 Å². The average molecular weight is 260 g/mol. The van der Waals surface area contributed by atoms with E-state index < -0.39 is 5.92 Å². The number of thioether (sulfide) groups is 1. The van der Waals surface area contributed by atoms with Gasteiger partial charge >= 0.3 is 0 Å². The molecule has 1 unspecified atom stereocenters. The first-order valence-electron chi connectivity index (χ1n) is 5.45. The quantitative estimate of drug-likeness (QED) is 0.779. The molecule has 2 aliphatic rings. The van der Waals surface area contributed by atoms with Gasteiger partial charge in [-0.15, -0.1) is 0 Å². The summed E-state index contributed by atoms with van der Waals surface area (Å²) in [6, 6.07) is 6.16. The SMILES string of the molecule is CC1=C(c2ccc(F)cc2)C2C(=O)N=CN=C2S1. The molecule has 1 amide bonds. The van der Waals surface area contributed by atoms with Crippen molar-refractivity contribution in [1.82, 2.24) is 0 Å². The Bertz CT molecular complexity index is 616. The van der Waals surface area contributed by atoms with E-state index in [-0.39, 0.29) is 11.7 Å². The smallest absolute Gasteiger partial charge is 0.261 e. The van der Waals surface area contributed by atoms with E-state index in [0.29, 0.717) is 0 Å². The molecule has 1 aromatic rings. The van der Waals surface area contributed by atoms with Gasteiger partial charge in [-0.3, -0.25) is 4.79 Å². The van der Waals surface area contributed by atoms with Crippen LogP contribution in [0.1, 0.15) is 12.5 Å². The Morgan fingerprint density at radius 3 is 2.72 bits per heavy atom. The van der Waals surface area contributed by atoms with Crippen LogP contribution in [0.3, 0.4) is 0 Å². The van der Waals surface area contributed by atoms with Gasteiger partial charge < -0.3 is 0 Å². The van der Waals surface area contributed by atoms with Crippen molar-refractivity contribution in [3.8, 4) is 0 Å². The summed E-state index contributed by atoms with van der Waals surface area (Å²) < 4.78 is 12.9. The van der Waals surface area contributed by atoms with Crippen LogP contribution in [-0.4, -0.2) is 17.3 Å². The zero-order valence-electron chi connectivity index (χ0n) is 9.55. The molecule has 2 heterocycles. The molecule has 1 atom stereocenters. The van der Waals surface area contributed by atoms with Gasteiger partial charge in [-0.05, 0) is 35.1 Å². The summed E-state index contributed by atoms with van der Waals surface area (Å²) in [4.78, 5) is 20.8. The minimum Gasteiger partial charge on any atom is -0.271 e. The van der Waals surface area contributed by atoms with E-state index in [1.807, 2.05) is 6.92 Å². The highest BCUT2D eigenvalue weighted by Crippen LogP contribution is 2.44. The maximum Gasteiger partial charge on any atom is 0.261 e. The second kappa shape index (κ2) is 4.17. The molecule has 0 radical (unpaired) electrons. The van der Waals surface area contributed by atoms with Crippen molar-refractivity contribution in [2.24, 2.45) is 15.9 Å². The summed E-state index contributed by atoms with van der Waals surface area (Å²) >= 11 is 1.48. The predicted octanol–water partition coefficient (Wildman–Crippen LogP) is 2.89. The minimum atomic E-state index is -0.412. The van der Waals surface area contributed by atoms with Crippen LogP contribution >= 0.6 is 11.8 Å². The Labute approximate surface area is 108 Å². The molecule has 0 bridgehead atoms. The lowest BCUT2D eigenvalue weighted by atomic mass is 9.92. The van der Waals surface area contributed by atoms with E-state index in [1.165, 1.54) is 30.2 Å². The van der Waals surface area contributed by atoms with E-state index >= 15 is 0 Å². The van der Waals surface area contributed by atoms with E-state index in [2.05, 4.69) is 9.98 Å². The number of rotatable bonds is 1. The first kappa shape index (κ1) is 11.3. The van der Waals surface area contributed by atoms with Crippen LogP contribution in [0.2, 0.25) is 0 Å². The highest BCUT2D eigenvalue weighted by atomic mass is 32.2. The van der Waals surface area contributed by atoms with Gasteiger partial charge in [-0.1, -0.05) is 23.9 Å². The summed E-state index contributed by atoms with van der Waals surface area (Å²) in [5.41, 5.74) is 1.74. The number of amides is 1. The standard InChI is InChI=1S/C13H9FN2OS/c1-7-10(8-2-4-9(14)5-3-8)11-12(17)15-6-16-13(11)18-7/h2-6,11H,1H3. The fourth-order valence-corrected chi connectivity index (χ4v) is 3.24. The van der Waals surface area contributed by atoms with Crippen LogP contribution in [0.25, 0.3) is 5.57 Å². The van der Waals surface area contributed by atoms with Crippen molar-refractivity contribution in [3.63, 3.8) is 0 Å². The fourth-order valence-electron chi connectivity index (χ4n) is 2.14. The number of aliphatic imine (C=N–C) groups is 2. The van der Waals surface area contributed by atoms with Crippen LogP contribution in [0, 0.1) is 11.7 Å². The first-order valence-corrected chi connectivity index (χ1v) is 6.27. The average Bonchev–Trinajstić information content (AvgIpc) is 2.68. The van der Waals surface area contributed by atoms with Crippen molar-refractivity contribution < 1.29 is 9.18 Å². The third-order valence-electron chi connectivity index (χ3n) is 2.94. The number of allylic oxidation sites excluding steroid dienone is 1. The summed E-state index contributed by atoms with van der Waals surface area (Å²) in [7, 11) is 0. The first-order chi connectivity index (χ1) is 8.66. The molecule has 0 saturated carbocycles. The number of nitrogens with zero attached hydrogens (tertiary/aromatic N) is 2. The van der Waals surface area contributed by atoms with Crippen molar-refractivity contribution in [3.05, 3.63) is 40.6 Å². The van der Waals surface area contributed by atoms with Gasteiger partial charge in [-0.25, -0.2) is 14.4 Å². The van der Waals surface area contributed by atoms with Crippen LogP contribution in [-0.2, 0) is 4.79 Å². The van der Waals surface area contributed by atoms with E-state index in [0.717, 1.165) is 21.1 Å². The van der Waals surface area contributed by atoms with E-state index in [1.54, 1.807) is 12.1 Å². The predicted molar refractivity (Wildman–Crippen MR) is 71.0 cm³/mol. The number of carbonyl (C=O) groups is 1. The highest BCUT2D eigenvalue weighted by Gasteiger charge is 2.37. The Balaban J connectivity index is 2.08. The molecule has 3 nitrogen and oxygen atoms in total. The molecular formula is C13H9FN2OS. The molecular weight excluding hydrogens is 251 g/mol. The van der Waals surface area contributed by atoms with E-state index in [9.17, 15) is 9.18 Å². The molecule has 0 spiro atoms. The molecule has 0 aliphatic carbocycles. The van der Waals surface area contributed by atoms with Crippen LogP contribution in [0.4, 0.5) is 4.39 Å². The maximum atomic E-state index is 12.9. The second-order valence-corrected chi connectivity index (χ2v) is 5.30. The Morgan fingerprint density at radius 1 is 1.28 bits per heavy atom. The summed E-state index contributed by atoms with van der Waals surface area (Å²) in [5.74, 6) is -0.904. The zero-order chi connectivity index (χ0) is 12.7. The molecule has 18 heavy (non-hydrogen) atoms. The van der Waals surface area contributed by atoms with Crippen LogP contribution in [0.15, 0.2) is 39.2 Å². The summed E-state index contributed by atoms with van der Waals surface area (Å²) in [6.07, 6.45) is 1.29. The molecule has 90 valence electrons. The Hall–Kier alpha value is -1.75. The Morgan fingerprint density at radius 2 is 2.00 bits per heavy atom. The van der Waals surface area contributed by atoms with Gasteiger partial charge in [-0.2, -0.15) is 0 Å². The molecule has 0 saturated heterocycles. The fraction of sp³-hybridized carbons (Fsp3) is 0.154.